The van der Waals surface area contributed by atoms with Crippen molar-refractivity contribution in [1.29, 1.82) is 0 Å². The largest absolute Gasteiger partial charge is 0.466 e. The second-order valence-electron chi connectivity index (χ2n) is 11.0. The van der Waals surface area contributed by atoms with E-state index in [4.69, 9.17) is 9.47 Å². The maximum Gasteiger partial charge on any atom is 0.311 e. The van der Waals surface area contributed by atoms with E-state index in [0.29, 0.717) is 25.2 Å². The van der Waals surface area contributed by atoms with Gasteiger partial charge < -0.3 is 9.47 Å². The highest BCUT2D eigenvalue weighted by molar-refractivity contribution is 5.72. The van der Waals surface area contributed by atoms with Crippen molar-refractivity contribution in [2.45, 2.75) is 122 Å². The third-order valence-corrected chi connectivity index (χ3v) is 7.33. The highest BCUT2D eigenvalue weighted by atomic mass is 16.5. The number of benzene rings is 2. The van der Waals surface area contributed by atoms with E-state index in [2.05, 4.69) is 45.0 Å². The van der Waals surface area contributed by atoms with Gasteiger partial charge in [-0.3, -0.25) is 9.59 Å². The maximum atomic E-state index is 12.2. The first-order valence-corrected chi connectivity index (χ1v) is 15.0. The lowest BCUT2D eigenvalue weighted by Crippen LogP contribution is -2.18. The van der Waals surface area contributed by atoms with Crippen molar-refractivity contribution in [3.8, 4) is 5.75 Å². The molecule has 0 atom stereocenters. The van der Waals surface area contributed by atoms with E-state index in [9.17, 15) is 9.59 Å². The first-order valence-electron chi connectivity index (χ1n) is 15.0. The monoisotopic (exact) mass is 522 g/mol. The molecule has 4 heteroatoms. The molecule has 2 rings (SSSR count). The second-order valence-corrected chi connectivity index (χ2v) is 11.0. The number of ether oxygens (including phenoxy) is 2. The van der Waals surface area contributed by atoms with Gasteiger partial charge in [-0.1, -0.05) is 127 Å². The van der Waals surface area contributed by atoms with Gasteiger partial charge in [0.2, 0.25) is 0 Å². The van der Waals surface area contributed by atoms with Crippen molar-refractivity contribution >= 4 is 11.9 Å². The van der Waals surface area contributed by atoms with E-state index in [1.54, 1.807) is 0 Å². The highest BCUT2D eigenvalue weighted by Gasteiger charge is 2.22. The molecule has 2 aromatic rings. The first-order chi connectivity index (χ1) is 18.4. The van der Waals surface area contributed by atoms with Gasteiger partial charge in [-0.15, -0.1) is 0 Å². The van der Waals surface area contributed by atoms with Crippen molar-refractivity contribution in [1.82, 2.24) is 0 Å². The van der Waals surface area contributed by atoms with E-state index >= 15 is 0 Å². The molecule has 0 aliphatic heterocycles. The minimum absolute atomic E-state index is 0.0598. The summed E-state index contributed by atoms with van der Waals surface area (Å²) in [6.45, 7) is 7.20. The number of rotatable bonds is 20. The fourth-order valence-electron chi connectivity index (χ4n) is 4.71. The lowest BCUT2D eigenvalue weighted by molar-refractivity contribution is -0.144. The van der Waals surface area contributed by atoms with Crippen molar-refractivity contribution in [3.63, 3.8) is 0 Å². The van der Waals surface area contributed by atoms with E-state index < -0.39 is 0 Å². The summed E-state index contributed by atoms with van der Waals surface area (Å²) >= 11 is 0. The van der Waals surface area contributed by atoms with Gasteiger partial charge in [0, 0.05) is 18.3 Å². The Kier molecular flexibility index (Phi) is 15.5. The Balaban J connectivity index is 1.48. The predicted molar refractivity (Wildman–Crippen MR) is 157 cm³/mol. The molecule has 0 N–H and O–H groups in total. The number of carbonyl (C=O) groups is 2. The Morgan fingerprint density at radius 2 is 1.11 bits per heavy atom. The summed E-state index contributed by atoms with van der Waals surface area (Å²) in [4.78, 5) is 24.1. The van der Waals surface area contributed by atoms with Crippen LogP contribution in [0.25, 0.3) is 0 Å². The molecule has 0 amide bonds. The van der Waals surface area contributed by atoms with Crippen LogP contribution in [0.2, 0.25) is 0 Å². The molecule has 0 radical (unpaired) electrons. The van der Waals surface area contributed by atoms with Gasteiger partial charge in [0.1, 0.15) is 5.75 Å². The second kappa shape index (κ2) is 18.6. The standard InChI is InChI=1S/C34H50O4/c1-4-5-6-7-10-13-19-28-37-32(35)22-17-11-8-9-12-18-23-33(36)38-31-26-24-30(25-27-31)34(2,3)29-20-15-14-16-21-29/h14-16,20-21,24-27H,4-13,17-19,22-23,28H2,1-3H3. The van der Waals surface area contributed by atoms with Crippen molar-refractivity contribution in [2.24, 2.45) is 0 Å². The van der Waals surface area contributed by atoms with Gasteiger partial charge in [0.25, 0.3) is 0 Å². The van der Waals surface area contributed by atoms with Crippen molar-refractivity contribution in [2.75, 3.05) is 6.61 Å². The predicted octanol–water partition coefficient (Wildman–Crippen LogP) is 9.33. The molecule has 0 saturated heterocycles. The molecule has 38 heavy (non-hydrogen) atoms. The Morgan fingerprint density at radius 3 is 1.71 bits per heavy atom. The lowest BCUT2D eigenvalue weighted by Gasteiger charge is -2.26. The molecule has 0 bridgehead atoms. The van der Waals surface area contributed by atoms with Crippen molar-refractivity contribution in [3.05, 3.63) is 65.7 Å². The van der Waals surface area contributed by atoms with Gasteiger partial charge in [-0.05, 0) is 42.5 Å². The molecule has 2 aromatic carbocycles. The molecule has 4 nitrogen and oxygen atoms in total. The maximum absolute atomic E-state index is 12.2. The minimum Gasteiger partial charge on any atom is -0.466 e. The van der Waals surface area contributed by atoms with Gasteiger partial charge in [-0.25, -0.2) is 0 Å². The fraction of sp³-hybridized carbons (Fsp3) is 0.588. The van der Waals surface area contributed by atoms with E-state index in [1.165, 1.54) is 43.2 Å². The summed E-state index contributed by atoms with van der Waals surface area (Å²) in [6.07, 6.45) is 15.5. The Bertz CT molecular complexity index is 902. The molecule has 0 heterocycles. The molecule has 0 fully saturated rings. The highest BCUT2D eigenvalue weighted by Crippen LogP contribution is 2.32. The minimum atomic E-state index is -0.177. The topological polar surface area (TPSA) is 52.6 Å². The Labute approximate surface area is 231 Å². The molecular weight excluding hydrogens is 472 g/mol. The number of hydrogen-bond donors (Lipinski definition) is 0. The number of unbranched alkanes of at least 4 members (excludes halogenated alkanes) is 11. The summed E-state index contributed by atoms with van der Waals surface area (Å²) < 4.78 is 10.9. The average molecular weight is 523 g/mol. The van der Waals surface area contributed by atoms with Crippen LogP contribution < -0.4 is 4.74 Å². The van der Waals surface area contributed by atoms with Crippen molar-refractivity contribution < 1.29 is 19.1 Å². The van der Waals surface area contributed by atoms with E-state index in [1.807, 2.05) is 30.3 Å². The van der Waals surface area contributed by atoms with E-state index in [-0.39, 0.29) is 17.4 Å². The molecule has 210 valence electrons. The van der Waals surface area contributed by atoms with Gasteiger partial charge in [-0.2, -0.15) is 0 Å². The number of esters is 2. The normalized spacial score (nSPS) is 11.3. The van der Waals surface area contributed by atoms with Crippen LogP contribution in [0.15, 0.2) is 54.6 Å². The van der Waals surface area contributed by atoms with E-state index in [0.717, 1.165) is 51.4 Å². The van der Waals surface area contributed by atoms with Gasteiger partial charge in [0.15, 0.2) is 0 Å². The number of hydrogen-bond acceptors (Lipinski definition) is 4. The van der Waals surface area contributed by atoms with Crippen LogP contribution in [0.3, 0.4) is 0 Å². The van der Waals surface area contributed by atoms with Crippen LogP contribution in [0.1, 0.15) is 128 Å². The van der Waals surface area contributed by atoms with Crippen LogP contribution in [0.5, 0.6) is 5.75 Å². The summed E-state index contributed by atoms with van der Waals surface area (Å²) in [5.74, 6) is 0.362. The summed E-state index contributed by atoms with van der Waals surface area (Å²) in [7, 11) is 0. The SMILES string of the molecule is CCCCCCCCCOC(=O)CCCCCCCCC(=O)Oc1ccc(C(C)(C)c2ccccc2)cc1. The Hall–Kier alpha value is -2.62. The molecule has 0 aliphatic carbocycles. The summed E-state index contributed by atoms with van der Waals surface area (Å²) in [6, 6.07) is 18.3. The molecule has 0 aromatic heterocycles. The van der Waals surface area contributed by atoms with Gasteiger partial charge in [0.05, 0.1) is 6.61 Å². The third-order valence-electron chi connectivity index (χ3n) is 7.33. The molecule has 0 spiro atoms. The van der Waals surface area contributed by atoms with Crippen LogP contribution in [0, 0.1) is 0 Å². The summed E-state index contributed by atoms with van der Waals surface area (Å²) in [5, 5.41) is 0. The quantitative estimate of drug-likeness (QED) is 0.0987. The Morgan fingerprint density at radius 1 is 0.605 bits per heavy atom. The fourth-order valence-corrected chi connectivity index (χ4v) is 4.71. The first kappa shape index (κ1) is 31.6. The molecule has 0 unspecified atom stereocenters. The van der Waals surface area contributed by atoms with Gasteiger partial charge >= 0.3 is 11.9 Å². The van der Waals surface area contributed by atoms with Crippen LogP contribution >= 0.6 is 0 Å². The van der Waals surface area contributed by atoms with Crippen LogP contribution in [-0.4, -0.2) is 18.5 Å². The number of carbonyl (C=O) groups excluding carboxylic acids is 2. The smallest absolute Gasteiger partial charge is 0.311 e. The molecule has 0 saturated carbocycles. The zero-order valence-electron chi connectivity index (χ0n) is 24.1. The molecule has 0 aliphatic rings. The lowest BCUT2D eigenvalue weighted by atomic mass is 9.78. The van der Waals surface area contributed by atoms with Crippen LogP contribution in [-0.2, 0) is 19.7 Å². The summed E-state index contributed by atoms with van der Waals surface area (Å²) in [5.41, 5.74) is 2.32. The molecular formula is C34H50O4. The zero-order valence-corrected chi connectivity index (χ0v) is 24.1. The zero-order chi connectivity index (χ0) is 27.5. The third kappa shape index (κ3) is 12.8. The van der Waals surface area contributed by atoms with Crippen LogP contribution in [0.4, 0.5) is 0 Å². The average Bonchev–Trinajstić information content (AvgIpc) is 2.92.